The van der Waals surface area contributed by atoms with E-state index in [0.717, 1.165) is 22.4 Å². The molecule has 2 heterocycles. The Labute approximate surface area is 250 Å². The minimum atomic E-state index is -0.302. The van der Waals surface area contributed by atoms with Crippen molar-refractivity contribution in [2.24, 2.45) is 0 Å². The van der Waals surface area contributed by atoms with E-state index in [1.165, 1.54) is 14.2 Å². The molecule has 0 saturated carbocycles. The SMILES string of the molecule is COC(=O)CC(c1ccc(O)cc1)n1cccn1.COC(=O)CC(c1ccc(OCc2ccccc2)cc1)n1cccn1. The van der Waals surface area contributed by atoms with Crippen LogP contribution in [-0.4, -0.2) is 50.8 Å². The van der Waals surface area contributed by atoms with E-state index in [9.17, 15) is 14.7 Å². The van der Waals surface area contributed by atoms with Crippen molar-refractivity contribution in [2.45, 2.75) is 31.5 Å². The van der Waals surface area contributed by atoms with Crippen LogP contribution in [0.4, 0.5) is 0 Å². The van der Waals surface area contributed by atoms with Gasteiger partial charge in [0, 0.05) is 24.8 Å². The van der Waals surface area contributed by atoms with Gasteiger partial charge in [-0.15, -0.1) is 0 Å². The third kappa shape index (κ3) is 9.06. The van der Waals surface area contributed by atoms with Gasteiger partial charge in [-0.1, -0.05) is 54.6 Å². The highest BCUT2D eigenvalue weighted by atomic mass is 16.5. The molecule has 0 bridgehead atoms. The Morgan fingerprint density at radius 3 is 1.63 bits per heavy atom. The number of hydrogen-bond acceptors (Lipinski definition) is 8. The first-order valence-electron chi connectivity index (χ1n) is 13.6. The lowest BCUT2D eigenvalue weighted by Gasteiger charge is -2.17. The van der Waals surface area contributed by atoms with Gasteiger partial charge < -0.3 is 19.3 Å². The van der Waals surface area contributed by atoms with E-state index in [0.29, 0.717) is 6.61 Å². The summed E-state index contributed by atoms with van der Waals surface area (Å²) in [6.45, 7) is 0.519. The summed E-state index contributed by atoms with van der Waals surface area (Å²) in [7, 11) is 2.75. The van der Waals surface area contributed by atoms with Crippen LogP contribution in [0.5, 0.6) is 11.5 Å². The van der Waals surface area contributed by atoms with Crippen molar-refractivity contribution < 1.29 is 28.9 Å². The van der Waals surface area contributed by atoms with Gasteiger partial charge in [0.15, 0.2) is 0 Å². The molecule has 0 amide bonds. The second-order valence-electron chi connectivity index (χ2n) is 9.50. The number of benzene rings is 3. The number of rotatable bonds is 11. The quantitative estimate of drug-likeness (QED) is 0.207. The molecule has 5 rings (SSSR count). The van der Waals surface area contributed by atoms with E-state index in [1.54, 1.807) is 58.3 Å². The molecule has 0 spiro atoms. The predicted molar refractivity (Wildman–Crippen MR) is 159 cm³/mol. The molecule has 1 N–H and O–H groups in total. The lowest BCUT2D eigenvalue weighted by molar-refractivity contribution is -0.142. The van der Waals surface area contributed by atoms with E-state index in [4.69, 9.17) is 14.2 Å². The first-order chi connectivity index (χ1) is 21.0. The van der Waals surface area contributed by atoms with Crippen LogP contribution in [0.3, 0.4) is 0 Å². The van der Waals surface area contributed by atoms with Crippen LogP contribution < -0.4 is 4.74 Å². The van der Waals surface area contributed by atoms with Gasteiger partial charge in [-0.05, 0) is 53.1 Å². The van der Waals surface area contributed by atoms with E-state index in [2.05, 4.69) is 10.2 Å². The van der Waals surface area contributed by atoms with Crippen molar-refractivity contribution in [3.8, 4) is 11.5 Å². The summed E-state index contributed by atoms with van der Waals surface area (Å²) in [4.78, 5) is 23.2. The average Bonchev–Trinajstić information content (AvgIpc) is 3.78. The predicted octanol–water partition coefficient (Wildman–Crippen LogP) is 5.36. The van der Waals surface area contributed by atoms with Gasteiger partial charge in [0.25, 0.3) is 0 Å². The molecule has 10 heteroatoms. The van der Waals surface area contributed by atoms with Crippen LogP contribution in [0.25, 0.3) is 0 Å². The summed E-state index contributed by atoms with van der Waals surface area (Å²) in [5.74, 6) is 0.398. The first kappa shape index (κ1) is 30.6. The maximum Gasteiger partial charge on any atom is 0.308 e. The van der Waals surface area contributed by atoms with Crippen LogP contribution in [0.15, 0.2) is 116 Å². The lowest BCUT2D eigenvalue weighted by Crippen LogP contribution is -2.16. The summed E-state index contributed by atoms with van der Waals surface area (Å²) in [6, 6.07) is 27.6. The van der Waals surface area contributed by atoms with Crippen LogP contribution in [-0.2, 0) is 25.7 Å². The number of phenolic OH excluding ortho intramolecular Hbond substituents is 1. The largest absolute Gasteiger partial charge is 0.508 e. The molecule has 0 radical (unpaired) electrons. The molecule has 222 valence electrons. The third-order valence-electron chi connectivity index (χ3n) is 6.65. The fraction of sp³-hybridized carbons (Fsp3) is 0.212. The van der Waals surface area contributed by atoms with E-state index in [1.807, 2.05) is 66.9 Å². The van der Waals surface area contributed by atoms with Crippen LogP contribution in [0.1, 0.15) is 41.6 Å². The average molecular weight is 583 g/mol. The van der Waals surface area contributed by atoms with Gasteiger partial charge in [0.2, 0.25) is 0 Å². The van der Waals surface area contributed by atoms with E-state index < -0.39 is 0 Å². The van der Waals surface area contributed by atoms with Gasteiger partial charge in [-0.2, -0.15) is 10.2 Å². The monoisotopic (exact) mass is 582 g/mol. The normalized spacial score (nSPS) is 11.9. The fourth-order valence-corrected chi connectivity index (χ4v) is 4.36. The molecule has 0 aliphatic heterocycles. The highest BCUT2D eigenvalue weighted by molar-refractivity contribution is 5.70. The number of phenols is 1. The minimum Gasteiger partial charge on any atom is -0.508 e. The number of aromatic nitrogens is 4. The zero-order valence-corrected chi connectivity index (χ0v) is 24.0. The number of carbonyl (C=O) groups is 2. The maximum absolute atomic E-state index is 11.7. The molecule has 43 heavy (non-hydrogen) atoms. The zero-order chi connectivity index (χ0) is 30.4. The Balaban J connectivity index is 0.000000208. The van der Waals surface area contributed by atoms with E-state index >= 15 is 0 Å². The van der Waals surface area contributed by atoms with Gasteiger partial charge >= 0.3 is 11.9 Å². The van der Waals surface area contributed by atoms with Gasteiger partial charge in [0.05, 0.1) is 39.1 Å². The standard InChI is InChI=1S/C20H20N2O3.C13H14N2O3/c1-24-20(23)14-19(22-13-5-12-21-22)17-8-10-18(11-9-17)25-15-16-6-3-2-4-7-16;1-18-13(17)9-12(15-8-2-7-14-15)10-3-5-11(16)6-4-10/h2-13,19H,14-15H2,1H3;2-8,12,16H,9H2,1H3. The van der Waals surface area contributed by atoms with Crippen molar-refractivity contribution in [1.82, 2.24) is 19.6 Å². The Bertz CT molecular complexity index is 1520. The number of methoxy groups -OCH3 is 2. The topological polar surface area (TPSA) is 118 Å². The maximum atomic E-state index is 11.7. The molecule has 0 saturated heterocycles. The Morgan fingerprint density at radius 2 is 1.19 bits per heavy atom. The number of carbonyl (C=O) groups excluding carboxylic acids is 2. The summed E-state index contributed by atoms with van der Waals surface area (Å²) in [6.07, 6.45) is 7.41. The van der Waals surface area contributed by atoms with Crippen molar-refractivity contribution in [2.75, 3.05) is 14.2 Å². The summed E-state index contributed by atoms with van der Waals surface area (Å²) < 4.78 is 18.8. The smallest absolute Gasteiger partial charge is 0.308 e. The molecule has 2 aromatic heterocycles. The molecule has 3 aromatic carbocycles. The molecule has 2 unspecified atom stereocenters. The number of esters is 2. The fourth-order valence-electron chi connectivity index (χ4n) is 4.36. The summed E-state index contributed by atoms with van der Waals surface area (Å²) in [5, 5.41) is 17.7. The molecule has 0 aliphatic carbocycles. The summed E-state index contributed by atoms with van der Waals surface area (Å²) in [5.41, 5.74) is 2.98. The van der Waals surface area contributed by atoms with Crippen LogP contribution in [0.2, 0.25) is 0 Å². The van der Waals surface area contributed by atoms with Gasteiger partial charge in [-0.25, -0.2) is 0 Å². The third-order valence-corrected chi connectivity index (χ3v) is 6.65. The number of hydrogen-bond donors (Lipinski definition) is 1. The molecule has 0 fully saturated rings. The Kier molecular flexibility index (Phi) is 11.1. The number of nitrogens with zero attached hydrogens (tertiary/aromatic N) is 4. The second kappa shape index (κ2) is 15.6. The van der Waals surface area contributed by atoms with Crippen LogP contribution >= 0.6 is 0 Å². The van der Waals surface area contributed by atoms with Crippen molar-refractivity contribution >= 4 is 11.9 Å². The van der Waals surface area contributed by atoms with Crippen molar-refractivity contribution in [3.05, 3.63) is 132 Å². The van der Waals surface area contributed by atoms with Gasteiger partial charge in [-0.3, -0.25) is 19.0 Å². The Morgan fingerprint density at radius 1 is 0.698 bits per heavy atom. The summed E-state index contributed by atoms with van der Waals surface area (Å²) >= 11 is 0. The molecular formula is C33H34N4O6. The molecule has 2 atom stereocenters. The highest BCUT2D eigenvalue weighted by Crippen LogP contribution is 2.25. The number of aromatic hydroxyl groups is 1. The van der Waals surface area contributed by atoms with Gasteiger partial charge in [0.1, 0.15) is 18.1 Å². The molecule has 0 aliphatic rings. The molecule has 5 aromatic rings. The minimum absolute atomic E-state index is 0.191. The Hall–Kier alpha value is -5.38. The van der Waals surface area contributed by atoms with Crippen molar-refractivity contribution in [1.29, 1.82) is 0 Å². The first-order valence-corrected chi connectivity index (χ1v) is 13.6. The molecule has 10 nitrogen and oxygen atoms in total. The second-order valence-corrected chi connectivity index (χ2v) is 9.50. The molecular weight excluding hydrogens is 548 g/mol. The van der Waals surface area contributed by atoms with E-state index in [-0.39, 0.29) is 42.6 Å². The lowest BCUT2D eigenvalue weighted by atomic mass is 10.0. The highest BCUT2D eigenvalue weighted by Gasteiger charge is 2.20. The zero-order valence-electron chi connectivity index (χ0n) is 24.0. The van der Waals surface area contributed by atoms with Crippen LogP contribution in [0, 0.1) is 0 Å². The van der Waals surface area contributed by atoms with Crippen molar-refractivity contribution in [3.63, 3.8) is 0 Å². The number of ether oxygens (including phenoxy) is 3.